The zero-order valence-electron chi connectivity index (χ0n) is 12.5. The Morgan fingerprint density at radius 3 is 2.76 bits per heavy atom. The van der Waals surface area contributed by atoms with E-state index in [0.717, 1.165) is 25.7 Å². The van der Waals surface area contributed by atoms with Crippen LogP contribution in [-0.4, -0.2) is 16.9 Å². The van der Waals surface area contributed by atoms with Crippen molar-refractivity contribution in [3.8, 4) is 0 Å². The summed E-state index contributed by atoms with van der Waals surface area (Å²) in [6.45, 7) is 3.56. The van der Waals surface area contributed by atoms with Gasteiger partial charge in [0.1, 0.15) is 0 Å². The van der Waals surface area contributed by atoms with Crippen molar-refractivity contribution in [3.05, 3.63) is 52.7 Å². The molecule has 1 aromatic carbocycles. The molecule has 0 saturated heterocycles. The minimum absolute atomic E-state index is 0.155. The summed E-state index contributed by atoms with van der Waals surface area (Å²) in [7, 11) is 0. The number of hydrogen-bond donors (Lipinski definition) is 1. The molecule has 21 heavy (non-hydrogen) atoms. The van der Waals surface area contributed by atoms with Gasteiger partial charge >= 0.3 is 0 Å². The standard InChI is InChI=1S/C17H20N2O2/c1-11-16(21-12(2)18-11)17(20)19-15-9-5-8-13-6-3-4-7-14(13)10-15/h3-4,6-7,15H,5,8-10H2,1-2H3,(H,19,20). The molecule has 0 aliphatic heterocycles. The molecule has 2 aromatic rings. The molecule has 110 valence electrons. The van der Waals surface area contributed by atoms with E-state index >= 15 is 0 Å². The lowest BCUT2D eigenvalue weighted by Gasteiger charge is -2.16. The zero-order chi connectivity index (χ0) is 14.8. The molecule has 1 aliphatic carbocycles. The van der Waals surface area contributed by atoms with Gasteiger partial charge in [0.25, 0.3) is 5.91 Å². The van der Waals surface area contributed by atoms with E-state index in [2.05, 4.69) is 34.6 Å². The highest BCUT2D eigenvalue weighted by Crippen LogP contribution is 2.21. The Bertz CT molecular complexity index is 661. The summed E-state index contributed by atoms with van der Waals surface area (Å²) < 4.78 is 5.40. The van der Waals surface area contributed by atoms with Gasteiger partial charge in [0.2, 0.25) is 5.76 Å². The third-order valence-electron chi connectivity index (χ3n) is 4.03. The van der Waals surface area contributed by atoms with E-state index in [-0.39, 0.29) is 11.9 Å². The van der Waals surface area contributed by atoms with Gasteiger partial charge in [-0.15, -0.1) is 0 Å². The van der Waals surface area contributed by atoms with Gasteiger partial charge in [0.05, 0.1) is 5.69 Å². The number of carbonyl (C=O) groups excluding carboxylic acids is 1. The van der Waals surface area contributed by atoms with Gasteiger partial charge in [-0.25, -0.2) is 4.98 Å². The van der Waals surface area contributed by atoms with E-state index in [9.17, 15) is 4.79 Å². The molecular weight excluding hydrogens is 264 g/mol. The third-order valence-corrected chi connectivity index (χ3v) is 4.03. The summed E-state index contributed by atoms with van der Waals surface area (Å²) in [5.41, 5.74) is 3.39. The third kappa shape index (κ3) is 2.99. The number of fused-ring (bicyclic) bond motifs is 1. The summed E-state index contributed by atoms with van der Waals surface area (Å²) in [6, 6.07) is 8.64. The second-order valence-electron chi connectivity index (χ2n) is 5.68. The lowest BCUT2D eigenvalue weighted by Crippen LogP contribution is -2.36. The van der Waals surface area contributed by atoms with Gasteiger partial charge in [-0.2, -0.15) is 0 Å². The first-order valence-electron chi connectivity index (χ1n) is 7.45. The van der Waals surface area contributed by atoms with E-state index < -0.39 is 0 Å². The number of hydrogen-bond acceptors (Lipinski definition) is 3. The Morgan fingerprint density at radius 2 is 2.05 bits per heavy atom. The van der Waals surface area contributed by atoms with Crippen molar-refractivity contribution < 1.29 is 9.21 Å². The van der Waals surface area contributed by atoms with Crippen molar-refractivity contribution in [2.24, 2.45) is 0 Å². The maximum Gasteiger partial charge on any atom is 0.289 e. The average Bonchev–Trinajstić information content (AvgIpc) is 2.68. The van der Waals surface area contributed by atoms with Crippen molar-refractivity contribution in [2.75, 3.05) is 0 Å². The van der Waals surface area contributed by atoms with E-state index in [1.54, 1.807) is 13.8 Å². The largest absolute Gasteiger partial charge is 0.436 e. The normalized spacial score (nSPS) is 17.9. The molecule has 1 N–H and O–H groups in total. The van der Waals surface area contributed by atoms with Crippen molar-refractivity contribution in [1.82, 2.24) is 10.3 Å². The number of nitrogens with one attached hydrogen (secondary N) is 1. The molecular formula is C17H20N2O2. The van der Waals surface area contributed by atoms with Crippen LogP contribution in [0.15, 0.2) is 28.7 Å². The van der Waals surface area contributed by atoms with Crippen LogP contribution in [0.1, 0.15) is 46.1 Å². The molecule has 1 heterocycles. The van der Waals surface area contributed by atoms with Crippen LogP contribution in [0.5, 0.6) is 0 Å². The molecule has 0 fully saturated rings. The fourth-order valence-corrected chi connectivity index (χ4v) is 3.02. The highest BCUT2D eigenvalue weighted by molar-refractivity contribution is 5.92. The Kier molecular flexibility index (Phi) is 3.78. The van der Waals surface area contributed by atoms with Crippen LogP contribution in [0.25, 0.3) is 0 Å². The summed E-state index contributed by atoms with van der Waals surface area (Å²) in [5, 5.41) is 3.10. The number of benzene rings is 1. The number of aromatic nitrogens is 1. The maximum absolute atomic E-state index is 12.3. The van der Waals surface area contributed by atoms with Crippen LogP contribution in [-0.2, 0) is 12.8 Å². The molecule has 1 aliphatic rings. The number of aryl methyl sites for hydroxylation is 3. The van der Waals surface area contributed by atoms with Crippen LogP contribution in [0.4, 0.5) is 0 Å². The summed E-state index contributed by atoms with van der Waals surface area (Å²) in [5.74, 6) is 0.714. The van der Waals surface area contributed by atoms with Crippen LogP contribution < -0.4 is 5.32 Å². The number of amides is 1. The molecule has 1 atom stereocenters. The first-order chi connectivity index (χ1) is 10.1. The van der Waals surface area contributed by atoms with Crippen molar-refractivity contribution in [1.29, 1.82) is 0 Å². The predicted molar refractivity (Wildman–Crippen MR) is 80.3 cm³/mol. The molecule has 1 aromatic heterocycles. The fraction of sp³-hybridized carbons (Fsp3) is 0.412. The summed E-state index contributed by atoms with van der Waals surface area (Å²) in [6.07, 6.45) is 4.06. The maximum atomic E-state index is 12.3. The number of rotatable bonds is 2. The Morgan fingerprint density at radius 1 is 1.29 bits per heavy atom. The van der Waals surface area contributed by atoms with Gasteiger partial charge in [-0.3, -0.25) is 4.79 Å². The molecule has 0 spiro atoms. The van der Waals surface area contributed by atoms with Crippen molar-refractivity contribution >= 4 is 5.91 Å². The Labute approximate surface area is 124 Å². The summed E-state index contributed by atoms with van der Waals surface area (Å²) in [4.78, 5) is 16.5. The topological polar surface area (TPSA) is 55.1 Å². The predicted octanol–water partition coefficient (Wildman–Crippen LogP) is 2.97. The number of oxazole rings is 1. The van der Waals surface area contributed by atoms with E-state index in [1.807, 2.05) is 0 Å². The summed E-state index contributed by atoms with van der Waals surface area (Å²) >= 11 is 0. The SMILES string of the molecule is Cc1nc(C)c(C(=O)NC2CCCc3ccccc3C2)o1. The second-order valence-corrected chi connectivity index (χ2v) is 5.68. The molecule has 1 amide bonds. The van der Waals surface area contributed by atoms with Gasteiger partial charge in [0.15, 0.2) is 5.89 Å². The number of carbonyl (C=O) groups is 1. The van der Waals surface area contributed by atoms with Crippen molar-refractivity contribution in [2.45, 2.75) is 45.6 Å². The van der Waals surface area contributed by atoms with Gasteiger partial charge in [-0.1, -0.05) is 24.3 Å². The second kappa shape index (κ2) is 5.72. The van der Waals surface area contributed by atoms with E-state index in [1.165, 1.54) is 11.1 Å². The average molecular weight is 284 g/mol. The smallest absolute Gasteiger partial charge is 0.289 e. The highest BCUT2D eigenvalue weighted by atomic mass is 16.4. The van der Waals surface area contributed by atoms with Gasteiger partial charge in [-0.05, 0) is 43.7 Å². The Hall–Kier alpha value is -2.10. The van der Waals surface area contributed by atoms with Gasteiger partial charge < -0.3 is 9.73 Å². The quantitative estimate of drug-likeness (QED) is 0.863. The minimum Gasteiger partial charge on any atom is -0.436 e. The first kappa shape index (κ1) is 13.9. The molecule has 3 rings (SSSR count). The van der Waals surface area contributed by atoms with Crippen LogP contribution in [0.3, 0.4) is 0 Å². The first-order valence-corrected chi connectivity index (χ1v) is 7.45. The molecule has 0 bridgehead atoms. The van der Waals surface area contributed by atoms with E-state index in [0.29, 0.717) is 17.3 Å². The lowest BCUT2D eigenvalue weighted by molar-refractivity contribution is 0.0904. The van der Waals surface area contributed by atoms with Crippen LogP contribution in [0.2, 0.25) is 0 Å². The molecule has 1 unspecified atom stereocenters. The molecule has 0 radical (unpaired) electrons. The lowest BCUT2D eigenvalue weighted by atomic mass is 10.0. The Balaban J connectivity index is 1.73. The number of nitrogens with zero attached hydrogens (tertiary/aromatic N) is 1. The van der Waals surface area contributed by atoms with E-state index in [4.69, 9.17) is 4.42 Å². The van der Waals surface area contributed by atoms with Crippen molar-refractivity contribution in [3.63, 3.8) is 0 Å². The zero-order valence-corrected chi connectivity index (χ0v) is 12.5. The molecule has 0 saturated carbocycles. The highest BCUT2D eigenvalue weighted by Gasteiger charge is 2.22. The molecule has 4 nitrogen and oxygen atoms in total. The monoisotopic (exact) mass is 284 g/mol. The minimum atomic E-state index is -0.155. The van der Waals surface area contributed by atoms with Crippen LogP contribution in [0, 0.1) is 13.8 Å². The van der Waals surface area contributed by atoms with Gasteiger partial charge in [0, 0.05) is 13.0 Å². The molecule has 4 heteroatoms. The fourth-order valence-electron chi connectivity index (χ4n) is 3.02. The van der Waals surface area contributed by atoms with Crippen LogP contribution >= 0.6 is 0 Å².